The topological polar surface area (TPSA) is 71.0 Å². The quantitative estimate of drug-likeness (QED) is 0.741. The molecule has 0 aliphatic carbocycles. The lowest BCUT2D eigenvalue weighted by Crippen LogP contribution is -2.26. The Morgan fingerprint density at radius 2 is 1.85 bits per heavy atom. The van der Waals surface area contributed by atoms with E-state index in [0.717, 1.165) is 17.9 Å². The Morgan fingerprint density at radius 3 is 2.54 bits per heavy atom. The molecule has 2 heterocycles. The maximum Gasteiger partial charge on any atom is 0.270 e. The summed E-state index contributed by atoms with van der Waals surface area (Å²) in [6.45, 7) is 4.92. The number of para-hydroxylation sites is 1. The number of anilines is 2. The molecule has 6 nitrogen and oxygen atoms in total. The van der Waals surface area contributed by atoms with E-state index >= 15 is 0 Å². The van der Waals surface area contributed by atoms with Crippen LogP contribution in [0.2, 0.25) is 0 Å². The number of aromatic nitrogens is 3. The van der Waals surface area contributed by atoms with Crippen molar-refractivity contribution >= 4 is 17.4 Å². The van der Waals surface area contributed by atoms with Gasteiger partial charge >= 0.3 is 0 Å². The molecule has 0 fully saturated rings. The zero-order chi connectivity index (χ0) is 18.4. The molecule has 0 saturated heterocycles. The SMILES string of the molecule is CCN(c1ccccc1)c1cc(C(=O)NCc2ccccn2)nc(C)n1. The lowest BCUT2D eigenvalue weighted by molar-refractivity contribution is 0.0945. The van der Waals surface area contributed by atoms with E-state index in [1.807, 2.05) is 60.4 Å². The lowest BCUT2D eigenvalue weighted by atomic mass is 10.2. The molecule has 1 amide bonds. The molecular weight excluding hydrogens is 326 g/mol. The molecule has 0 unspecified atom stereocenters. The zero-order valence-corrected chi connectivity index (χ0v) is 14.9. The Morgan fingerprint density at radius 1 is 1.08 bits per heavy atom. The number of nitrogens with one attached hydrogen (secondary N) is 1. The van der Waals surface area contributed by atoms with Crippen LogP contribution in [0.15, 0.2) is 60.8 Å². The highest BCUT2D eigenvalue weighted by Gasteiger charge is 2.15. The molecule has 0 aliphatic heterocycles. The van der Waals surface area contributed by atoms with Crippen molar-refractivity contribution < 1.29 is 4.79 Å². The standard InChI is InChI=1S/C20H21N5O/c1-3-25(17-10-5-4-6-11-17)19-13-18(23-15(2)24-19)20(26)22-14-16-9-7-8-12-21-16/h4-13H,3,14H2,1-2H3,(H,22,26). The van der Waals surface area contributed by atoms with E-state index in [-0.39, 0.29) is 5.91 Å². The molecule has 0 aliphatic rings. The second-order valence-electron chi connectivity index (χ2n) is 5.74. The fourth-order valence-electron chi connectivity index (χ4n) is 2.66. The van der Waals surface area contributed by atoms with Crippen molar-refractivity contribution in [2.75, 3.05) is 11.4 Å². The van der Waals surface area contributed by atoms with Crippen molar-refractivity contribution in [1.82, 2.24) is 20.3 Å². The first-order chi connectivity index (χ1) is 12.7. The van der Waals surface area contributed by atoms with Crippen molar-refractivity contribution in [3.8, 4) is 0 Å². The number of rotatable bonds is 6. The summed E-state index contributed by atoms with van der Waals surface area (Å²) in [4.78, 5) is 27.6. The Bertz CT molecular complexity index is 868. The van der Waals surface area contributed by atoms with Gasteiger partial charge in [-0.15, -0.1) is 0 Å². The number of aryl methyl sites for hydroxylation is 1. The van der Waals surface area contributed by atoms with Crippen molar-refractivity contribution in [1.29, 1.82) is 0 Å². The fraction of sp³-hybridized carbons (Fsp3) is 0.200. The van der Waals surface area contributed by atoms with Crippen LogP contribution in [0, 0.1) is 6.92 Å². The number of hydrogen-bond donors (Lipinski definition) is 1. The molecule has 6 heteroatoms. The van der Waals surface area contributed by atoms with Crippen LogP contribution in [0.4, 0.5) is 11.5 Å². The molecule has 1 aromatic carbocycles. The molecule has 0 spiro atoms. The predicted molar refractivity (Wildman–Crippen MR) is 101 cm³/mol. The number of carbonyl (C=O) groups is 1. The molecule has 1 N–H and O–H groups in total. The third-order valence-corrected chi connectivity index (χ3v) is 3.87. The van der Waals surface area contributed by atoms with Gasteiger partial charge < -0.3 is 10.2 Å². The van der Waals surface area contributed by atoms with Crippen LogP contribution in [0.5, 0.6) is 0 Å². The van der Waals surface area contributed by atoms with E-state index in [4.69, 9.17) is 0 Å². The van der Waals surface area contributed by atoms with Crippen molar-refractivity contribution in [2.24, 2.45) is 0 Å². The van der Waals surface area contributed by atoms with Crippen LogP contribution in [-0.2, 0) is 6.54 Å². The lowest BCUT2D eigenvalue weighted by Gasteiger charge is -2.22. The number of hydrogen-bond acceptors (Lipinski definition) is 5. The largest absolute Gasteiger partial charge is 0.345 e. The van der Waals surface area contributed by atoms with Gasteiger partial charge in [-0.05, 0) is 38.1 Å². The molecule has 0 saturated carbocycles. The van der Waals surface area contributed by atoms with Crippen molar-refractivity contribution in [2.45, 2.75) is 20.4 Å². The summed E-state index contributed by atoms with van der Waals surface area (Å²) in [5.41, 5.74) is 2.16. The van der Waals surface area contributed by atoms with Gasteiger partial charge in [0.25, 0.3) is 5.91 Å². The van der Waals surface area contributed by atoms with Gasteiger partial charge in [0.2, 0.25) is 0 Å². The second kappa shape index (κ2) is 8.20. The normalized spacial score (nSPS) is 10.4. The number of benzene rings is 1. The van der Waals surface area contributed by atoms with E-state index in [9.17, 15) is 4.79 Å². The number of pyridine rings is 1. The molecule has 3 aromatic rings. The molecule has 2 aromatic heterocycles. The zero-order valence-electron chi connectivity index (χ0n) is 14.9. The summed E-state index contributed by atoms with van der Waals surface area (Å²) >= 11 is 0. The summed E-state index contributed by atoms with van der Waals surface area (Å²) in [5, 5.41) is 2.86. The first-order valence-electron chi connectivity index (χ1n) is 8.53. The van der Waals surface area contributed by atoms with E-state index < -0.39 is 0 Å². The van der Waals surface area contributed by atoms with Crippen LogP contribution in [0.3, 0.4) is 0 Å². The summed E-state index contributed by atoms with van der Waals surface area (Å²) in [6.07, 6.45) is 1.70. The maximum atomic E-state index is 12.5. The predicted octanol–water partition coefficient (Wildman–Crippen LogP) is 3.27. The molecule has 3 rings (SSSR count). The van der Waals surface area contributed by atoms with Gasteiger partial charge in [-0.25, -0.2) is 9.97 Å². The third-order valence-electron chi connectivity index (χ3n) is 3.87. The van der Waals surface area contributed by atoms with E-state index in [1.54, 1.807) is 19.2 Å². The summed E-state index contributed by atoms with van der Waals surface area (Å²) < 4.78 is 0. The summed E-state index contributed by atoms with van der Waals surface area (Å²) in [6, 6.07) is 17.3. The first-order valence-corrected chi connectivity index (χ1v) is 8.53. The number of nitrogens with zero attached hydrogens (tertiary/aromatic N) is 4. The highest BCUT2D eigenvalue weighted by atomic mass is 16.1. The average Bonchev–Trinajstić information content (AvgIpc) is 2.68. The highest BCUT2D eigenvalue weighted by Crippen LogP contribution is 2.23. The molecule has 0 bridgehead atoms. The minimum absolute atomic E-state index is 0.244. The average molecular weight is 347 g/mol. The van der Waals surface area contributed by atoms with Gasteiger partial charge in [-0.2, -0.15) is 0 Å². The van der Waals surface area contributed by atoms with Crippen LogP contribution in [0.25, 0.3) is 0 Å². The second-order valence-corrected chi connectivity index (χ2v) is 5.74. The summed E-state index contributed by atoms with van der Waals surface area (Å²) in [7, 11) is 0. The number of amides is 1. The Hall–Kier alpha value is -3.28. The minimum Gasteiger partial charge on any atom is -0.345 e. The summed E-state index contributed by atoms with van der Waals surface area (Å²) in [5.74, 6) is 1.01. The van der Waals surface area contributed by atoms with Gasteiger partial charge in [-0.1, -0.05) is 24.3 Å². The fourth-order valence-corrected chi connectivity index (χ4v) is 2.66. The van der Waals surface area contributed by atoms with Gasteiger partial charge in [0, 0.05) is 24.5 Å². The molecule has 0 atom stereocenters. The van der Waals surface area contributed by atoms with E-state index in [0.29, 0.717) is 23.9 Å². The smallest absolute Gasteiger partial charge is 0.270 e. The Balaban J connectivity index is 1.81. The van der Waals surface area contributed by atoms with Gasteiger partial charge in [0.15, 0.2) is 0 Å². The molecule has 132 valence electrons. The monoisotopic (exact) mass is 347 g/mol. The first kappa shape index (κ1) is 17.5. The Labute approximate surface area is 153 Å². The van der Waals surface area contributed by atoms with Crippen molar-refractivity contribution in [3.05, 3.63) is 78.0 Å². The van der Waals surface area contributed by atoms with Gasteiger partial charge in [0.05, 0.1) is 12.2 Å². The van der Waals surface area contributed by atoms with Crippen LogP contribution < -0.4 is 10.2 Å². The Kier molecular flexibility index (Phi) is 5.53. The molecular formula is C20H21N5O. The van der Waals surface area contributed by atoms with Crippen LogP contribution >= 0.6 is 0 Å². The highest BCUT2D eigenvalue weighted by molar-refractivity contribution is 5.93. The molecule has 26 heavy (non-hydrogen) atoms. The van der Waals surface area contributed by atoms with Gasteiger partial charge in [0.1, 0.15) is 17.3 Å². The molecule has 0 radical (unpaired) electrons. The minimum atomic E-state index is -0.244. The van der Waals surface area contributed by atoms with E-state index in [2.05, 4.69) is 20.3 Å². The maximum absolute atomic E-state index is 12.5. The number of carbonyl (C=O) groups excluding carboxylic acids is 1. The van der Waals surface area contributed by atoms with E-state index in [1.165, 1.54) is 0 Å². The van der Waals surface area contributed by atoms with Crippen LogP contribution in [-0.4, -0.2) is 27.4 Å². The van der Waals surface area contributed by atoms with Crippen LogP contribution in [0.1, 0.15) is 28.9 Å². The third kappa shape index (κ3) is 4.22. The van der Waals surface area contributed by atoms with Gasteiger partial charge in [-0.3, -0.25) is 9.78 Å². The van der Waals surface area contributed by atoms with Crippen molar-refractivity contribution in [3.63, 3.8) is 0 Å².